The second kappa shape index (κ2) is 20.2. The molecule has 3 aromatic heterocycles. The largest absolute Gasteiger partial charge is 0.492 e. The van der Waals surface area contributed by atoms with Crippen LogP contribution in [0.25, 0.3) is 18.2 Å². The highest BCUT2D eigenvalue weighted by atomic mass is 16.5. The summed E-state index contributed by atoms with van der Waals surface area (Å²) >= 11 is 0. The molecule has 0 unspecified atom stereocenters. The van der Waals surface area contributed by atoms with Gasteiger partial charge in [-0.15, -0.1) is 0 Å². The number of hydrogen-bond donors (Lipinski definition) is 2. The molecule has 3 aromatic rings. The maximum Gasteiger partial charge on any atom is 0.138 e. The van der Waals surface area contributed by atoms with Crippen LogP contribution in [-0.2, 0) is 0 Å². The van der Waals surface area contributed by atoms with Crippen LogP contribution in [-0.4, -0.2) is 84.4 Å². The Morgan fingerprint density at radius 3 is 1.59 bits per heavy atom. The number of piperidine rings is 2. The third-order valence-electron chi connectivity index (χ3n) is 10.1. The van der Waals surface area contributed by atoms with Crippen LogP contribution in [0.4, 0.5) is 0 Å². The van der Waals surface area contributed by atoms with Gasteiger partial charge >= 0.3 is 0 Å². The molecule has 0 aromatic carbocycles. The van der Waals surface area contributed by atoms with Crippen molar-refractivity contribution in [2.75, 3.05) is 59.5 Å². The number of aromatic nitrogens is 4. The second-order valence-electron chi connectivity index (χ2n) is 14.8. The van der Waals surface area contributed by atoms with Crippen molar-refractivity contribution in [1.82, 2.24) is 35.5 Å². The fourth-order valence-electron chi connectivity index (χ4n) is 6.05. The van der Waals surface area contributed by atoms with Crippen molar-refractivity contribution in [3.05, 3.63) is 90.6 Å². The first-order chi connectivity index (χ1) is 25.1. The highest BCUT2D eigenvalue weighted by molar-refractivity contribution is 5.51. The van der Waals surface area contributed by atoms with E-state index in [9.17, 15) is 0 Å². The molecule has 9 nitrogen and oxygen atoms in total. The number of pyridine rings is 2. The molecule has 272 valence electrons. The Hall–Kier alpha value is -3.92. The average molecular weight is 692 g/mol. The summed E-state index contributed by atoms with van der Waals surface area (Å²) in [6, 6.07) is 4.19. The quantitative estimate of drug-likeness (QED) is 0.212. The number of hydrogen-bond acceptors (Lipinski definition) is 9. The number of rotatable bonds is 12. The van der Waals surface area contributed by atoms with E-state index in [-0.39, 0.29) is 0 Å². The van der Waals surface area contributed by atoms with E-state index >= 15 is 0 Å². The second-order valence-corrected chi connectivity index (χ2v) is 14.8. The average Bonchev–Trinajstić information content (AvgIpc) is 4.10. The van der Waals surface area contributed by atoms with Gasteiger partial charge in [-0.25, -0.2) is 9.97 Å². The third kappa shape index (κ3) is 14.3. The minimum atomic E-state index is 0.699. The Morgan fingerprint density at radius 1 is 0.588 bits per heavy atom. The maximum atomic E-state index is 5.77. The highest BCUT2D eigenvalue weighted by Gasteiger charge is 2.22. The topological polar surface area (TPSA) is 97.3 Å². The first kappa shape index (κ1) is 36.9. The van der Waals surface area contributed by atoms with Crippen LogP contribution >= 0.6 is 0 Å². The SMILES string of the molecule is C(=C\C1CCNCC1)/c1cncc(OCC2CC2)c1.C(=C\C1CNC1)/c1cncnc1.CN1CCC(/C=C/c2cncc(OCC3CC3)c2)CC1. The van der Waals surface area contributed by atoms with Crippen molar-refractivity contribution in [1.29, 1.82) is 0 Å². The van der Waals surface area contributed by atoms with E-state index in [2.05, 4.69) is 91.1 Å². The number of nitrogens with zero attached hydrogens (tertiary/aromatic N) is 5. The Balaban J connectivity index is 0.000000136. The summed E-state index contributed by atoms with van der Waals surface area (Å²) in [5.41, 5.74) is 3.37. The molecule has 5 aliphatic rings. The standard InChI is InChI=1S/C17H24N2O.C16H22N2O.C9H11N3/c1-19-8-6-14(7-9-19)2-5-16-10-17(12-18-11-16)20-13-15-3-4-15;1(13-5-7-17-8-6-13)4-15-9-16(11-18-10-15)19-12-14-2-3-14;1(8-3-10-4-8)2-9-5-11-7-12-6-9/h2,5,10-12,14-15H,3-4,6-9,13H2,1H3;1,4,9-11,13-14,17H,2-3,5-8,12H2;1-2,5-8,10H,3-4H2/b5-2+;4-1+;2-1+. The molecule has 0 atom stereocenters. The lowest BCUT2D eigenvalue weighted by Gasteiger charge is -2.26. The summed E-state index contributed by atoms with van der Waals surface area (Å²) in [5, 5.41) is 6.60. The van der Waals surface area contributed by atoms with Gasteiger partial charge in [0, 0.05) is 49.4 Å². The van der Waals surface area contributed by atoms with Gasteiger partial charge in [-0.05, 0) is 132 Å². The van der Waals surface area contributed by atoms with Crippen molar-refractivity contribution in [3.63, 3.8) is 0 Å². The molecule has 0 spiro atoms. The van der Waals surface area contributed by atoms with Crippen LogP contribution < -0.4 is 20.1 Å². The molecule has 51 heavy (non-hydrogen) atoms. The van der Waals surface area contributed by atoms with Gasteiger partial charge in [0.05, 0.1) is 25.6 Å². The Labute approximate surface area is 305 Å². The van der Waals surface area contributed by atoms with Crippen molar-refractivity contribution < 1.29 is 9.47 Å². The molecule has 2 saturated carbocycles. The number of likely N-dealkylation sites (tertiary alicyclic amines) is 1. The van der Waals surface area contributed by atoms with Crippen molar-refractivity contribution >= 4 is 18.2 Å². The van der Waals surface area contributed by atoms with E-state index in [4.69, 9.17) is 9.47 Å². The predicted octanol–water partition coefficient (Wildman–Crippen LogP) is 6.82. The van der Waals surface area contributed by atoms with Crippen LogP contribution in [0.3, 0.4) is 0 Å². The van der Waals surface area contributed by atoms with Gasteiger partial charge in [-0.2, -0.15) is 0 Å². The zero-order valence-corrected chi connectivity index (χ0v) is 30.4. The maximum absolute atomic E-state index is 5.77. The molecule has 5 fully saturated rings. The Morgan fingerprint density at radius 2 is 1.08 bits per heavy atom. The molecule has 0 amide bonds. The van der Waals surface area contributed by atoms with Gasteiger partial charge in [0.15, 0.2) is 0 Å². The van der Waals surface area contributed by atoms with Crippen LogP contribution in [0.1, 0.15) is 68.1 Å². The van der Waals surface area contributed by atoms with Gasteiger partial charge in [0.2, 0.25) is 0 Å². The molecule has 0 radical (unpaired) electrons. The molecule has 2 N–H and O–H groups in total. The van der Waals surface area contributed by atoms with Gasteiger partial charge in [-0.3, -0.25) is 9.97 Å². The first-order valence-electron chi connectivity index (χ1n) is 19.2. The number of ether oxygens (including phenoxy) is 2. The molecule has 3 saturated heterocycles. The lowest BCUT2D eigenvalue weighted by atomic mass is 9.96. The van der Waals surface area contributed by atoms with Crippen LogP contribution in [0.5, 0.6) is 11.5 Å². The van der Waals surface area contributed by atoms with Crippen molar-refractivity contribution in [2.24, 2.45) is 29.6 Å². The third-order valence-corrected chi connectivity index (χ3v) is 10.1. The van der Waals surface area contributed by atoms with Crippen LogP contribution in [0.2, 0.25) is 0 Å². The van der Waals surface area contributed by atoms with Crippen LogP contribution in [0.15, 0.2) is 73.9 Å². The zero-order valence-electron chi connectivity index (χ0n) is 30.4. The summed E-state index contributed by atoms with van der Waals surface area (Å²) in [7, 11) is 2.20. The Bertz CT molecular complexity index is 1520. The number of allylic oxidation sites excluding steroid dienone is 2. The zero-order chi connectivity index (χ0) is 34.9. The monoisotopic (exact) mass is 691 g/mol. The summed E-state index contributed by atoms with van der Waals surface area (Å²) in [4.78, 5) is 18.8. The lowest BCUT2D eigenvalue weighted by Crippen LogP contribution is -2.40. The van der Waals surface area contributed by atoms with E-state index in [1.807, 2.05) is 37.2 Å². The van der Waals surface area contributed by atoms with Crippen molar-refractivity contribution in [3.8, 4) is 11.5 Å². The fraction of sp³-hybridized carbons (Fsp3) is 0.524. The van der Waals surface area contributed by atoms with E-state index in [1.165, 1.54) is 64.5 Å². The van der Waals surface area contributed by atoms with E-state index < -0.39 is 0 Å². The number of nitrogens with one attached hydrogen (secondary N) is 2. The summed E-state index contributed by atoms with van der Waals surface area (Å²) in [6.45, 7) is 8.59. The molecule has 3 aliphatic heterocycles. The molecule has 9 heteroatoms. The molecular formula is C42H57N7O2. The summed E-state index contributed by atoms with van der Waals surface area (Å²) < 4.78 is 11.5. The van der Waals surface area contributed by atoms with Gasteiger partial charge in [0.25, 0.3) is 0 Å². The lowest BCUT2D eigenvalue weighted by molar-refractivity contribution is 0.244. The van der Waals surface area contributed by atoms with Gasteiger partial charge in [-0.1, -0.05) is 36.5 Å². The molecule has 2 aliphatic carbocycles. The Kier molecular flexibility index (Phi) is 14.6. The fourth-order valence-corrected chi connectivity index (χ4v) is 6.05. The summed E-state index contributed by atoms with van der Waals surface area (Å²) in [5.74, 6) is 5.49. The van der Waals surface area contributed by atoms with Crippen molar-refractivity contribution in [2.45, 2.75) is 51.4 Å². The molecular weight excluding hydrogens is 635 g/mol. The van der Waals surface area contributed by atoms with Crippen LogP contribution in [0, 0.1) is 29.6 Å². The summed E-state index contributed by atoms with van der Waals surface area (Å²) in [6.07, 6.45) is 36.2. The minimum absolute atomic E-state index is 0.699. The predicted molar refractivity (Wildman–Crippen MR) is 206 cm³/mol. The van der Waals surface area contributed by atoms with E-state index in [0.717, 1.165) is 79.4 Å². The van der Waals surface area contributed by atoms with E-state index in [0.29, 0.717) is 17.8 Å². The molecule has 8 rings (SSSR count). The normalized spacial score (nSPS) is 20.4. The van der Waals surface area contributed by atoms with E-state index in [1.54, 1.807) is 6.33 Å². The smallest absolute Gasteiger partial charge is 0.138 e. The molecule has 6 heterocycles. The molecule has 0 bridgehead atoms. The first-order valence-corrected chi connectivity index (χ1v) is 19.2. The highest BCUT2D eigenvalue weighted by Crippen LogP contribution is 2.30. The van der Waals surface area contributed by atoms with Gasteiger partial charge < -0.3 is 25.0 Å². The van der Waals surface area contributed by atoms with Gasteiger partial charge in [0.1, 0.15) is 17.8 Å². The minimum Gasteiger partial charge on any atom is -0.492 e.